The van der Waals surface area contributed by atoms with E-state index in [1.807, 2.05) is 17.5 Å². The van der Waals surface area contributed by atoms with Crippen LogP contribution in [0.5, 0.6) is 0 Å². The summed E-state index contributed by atoms with van der Waals surface area (Å²) in [6.45, 7) is 0. The van der Waals surface area contributed by atoms with E-state index in [1.54, 1.807) is 17.5 Å². The van der Waals surface area contributed by atoms with Crippen molar-refractivity contribution in [3.63, 3.8) is 0 Å². The highest BCUT2D eigenvalue weighted by molar-refractivity contribution is 9.10. The van der Waals surface area contributed by atoms with Crippen LogP contribution in [0.15, 0.2) is 32.8 Å². The fourth-order valence-corrected chi connectivity index (χ4v) is 1.68. The molecule has 2 aromatic rings. The maximum atomic E-state index is 5.29. The summed E-state index contributed by atoms with van der Waals surface area (Å²) in [5, 5.41) is 2.84. The Morgan fingerprint density at radius 3 is 2.91 bits per heavy atom. The van der Waals surface area contributed by atoms with Crippen LogP contribution in [0.25, 0.3) is 10.8 Å². The van der Waals surface area contributed by atoms with E-state index in [-0.39, 0.29) is 0 Å². The number of aromatic nitrogens is 1. The number of nitrogens with zero attached hydrogens (tertiary/aromatic N) is 1. The molecule has 0 spiro atoms. The molecule has 2 nitrogen and oxygen atoms in total. The summed E-state index contributed by atoms with van der Waals surface area (Å²) in [4.78, 5) is 4.10. The van der Waals surface area contributed by atoms with E-state index in [0.29, 0.717) is 0 Å². The zero-order valence-corrected chi connectivity index (χ0v) is 7.85. The van der Waals surface area contributed by atoms with Gasteiger partial charge in [0.05, 0.1) is 0 Å². The first-order valence-corrected chi connectivity index (χ1v) is 4.69. The van der Waals surface area contributed by atoms with Crippen LogP contribution < -0.4 is 0 Å². The number of hydrogen-bond donors (Lipinski definition) is 0. The Morgan fingerprint density at radius 1 is 1.45 bits per heavy atom. The molecule has 0 fully saturated rings. The molecule has 0 amide bonds. The van der Waals surface area contributed by atoms with Crippen molar-refractivity contribution in [3.05, 3.63) is 28.4 Å². The van der Waals surface area contributed by atoms with Crippen molar-refractivity contribution in [2.24, 2.45) is 0 Å². The molecule has 11 heavy (non-hydrogen) atoms. The fraction of sp³-hybridized carbons (Fsp3) is 0. The second-order valence-corrected chi connectivity index (χ2v) is 3.62. The van der Waals surface area contributed by atoms with Crippen LogP contribution in [-0.2, 0) is 0 Å². The Morgan fingerprint density at radius 2 is 2.36 bits per heavy atom. The molecule has 0 saturated carbocycles. The van der Waals surface area contributed by atoms with E-state index in [4.69, 9.17) is 4.42 Å². The molecule has 4 heteroatoms. The summed E-state index contributed by atoms with van der Waals surface area (Å²) in [6, 6.07) is 3.75. The third kappa shape index (κ3) is 1.36. The van der Waals surface area contributed by atoms with Gasteiger partial charge in [0.15, 0.2) is 15.4 Å². The third-order valence-electron chi connectivity index (χ3n) is 1.22. The highest BCUT2D eigenvalue weighted by Gasteiger charge is 2.03. The van der Waals surface area contributed by atoms with E-state index < -0.39 is 0 Å². The van der Waals surface area contributed by atoms with Crippen molar-refractivity contribution in [3.8, 4) is 10.8 Å². The van der Waals surface area contributed by atoms with Gasteiger partial charge in [-0.05, 0) is 28.1 Å². The predicted molar refractivity (Wildman–Crippen MR) is 47.5 cm³/mol. The lowest BCUT2D eigenvalue weighted by atomic mass is 10.5. The molecule has 0 aliphatic rings. The van der Waals surface area contributed by atoms with Crippen molar-refractivity contribution >= 4 is 27.3 Å². The lowest BCUT2D eigenvalue weighted by Gasteiger charge is -1.85. The average Bonchev–Trinajstić information content (AvgIpc) is 2.55. The van der Waals surface area contributed by atoms with Crippen LogP contribution in [0, 0.1) is 0 Å². The number of halogens is 1. The lowest BCUT2D eigenvalue weighted by Crippen LogP contribution is -1.66. The van der Waals surface area contributed by atoms with Gasteiger partial charge in [-0.2, -0.15) is 0 Å². The summed E-state index contributed by atoms with van der Waals surface area (Å²) in [5.74, 6) is 0.812. The van der Waals surface area contributed by atoms with Crippen LogP contribution >= 0.6 is 27.3 Å². The molecule has 0 atom stereocenters. The molecule has 0 aromatic carbocycles. The van der Waals surface area contributed by atoms with E-state index >= 15 is 0 Å². The quantitative estimate of drug-likeness (QED) is 0.751. The number of hydrogen-bond acceptors (Lipinski definition) is 3. The molecule has 2 heterocycles. The van der Waals surface area contributed by atoms with Crippen molar-refractivity contribution in [1.82, 2.24) is 4.98 Å². The van der Waals surface area contributed by atoms with Gasteiger partial charge in [-0.1, -0.05) is 0 Å². The van der Waals surface area contributed by atoms with Gasteiger partial charge in [0.1, 0.15) is 0 Å². The van der Waals surface area contributed by atoms with E-state index in [9.17, 15) is 0 Å². The van der Waals surface area contributed by atoms with Gasteiger partial charge in [-0.3, -0.25) is 0 Å². The number of thiazole rings is 1. The summed E-state index contributed by atoms with van der Waals surface area (Å²) in [5.41, 5.74) is 0. The summed E-state index contributed by atoms with van der Waals surface area (Å²) < 4.78 is 6.03. The van der Waals surface area contributed by atoms with E-state index in [2.05, 4.69) is 20.9 Å². The van der Waals surface area contributed by atoms with Crippen LogP contribution in [-0.4, -0.2) is 4.98 Å². The number of furan rings is 1. The minimum absolute atomic E-state index is 0.739. The zero-order chi connectivity index (χ0) is 7.68. The second kappa shape index (κ2) is 2.79. The lowest BCUT2D eigenvalue weighted by molar-refractivity contribution is 0.555. The van der Waals surface area contributed by atoms with Crippen LogP contribution in [0.2, 0.25) is 0 Å². The predicted octanol–water partition coefficient (Wildman–Crippen LogP) is 3.17. The van der Waals surface area contributed by atoms with Crippen molar-refractivity contribution in [2.75, 3.05) is 0 Å². The Hall–Kier alpha value is -0.610. The van der Waals surface area contributed by atoms with E-state index in [0.717, 1.165) is 15.4 Å². The SMILES string of the molecule is Brc1ccc(-c2nccs2)o1. The normalized spacial score (nSPS) is 10.3. The molecule has 0 radical (unpaired) electrons. The Kier molecular flexibility index (Phi) is 1.79. The minimum Gasteiger partial charge on any atom is -0.447 e. The first-order chi connectivity index (χ1) is 5.36. The largest absolute Gasteiger partial charge is 0.447 e. The number of rotatable bonds is 1. The van der Waals surface area contributed by atoms with Crippen molar-refractivity contribution in [2.45, 2.75) is 0 Å². The van der Waals surface area contributed by atoms with Gasteiger partial charge >= 0.3 is 0 Å². The molecule has 0 saturated heterocycles. The van der Waals surface area contributed by atoms with Crippen molar-refractivity contribution in [1.29, 1.82) is 0 Å². The summed E-state index contributed by atoms with van der Waals surface area (Å²) >= 11 is 4.79. The van der Waals surface area contributed by atoms with E-state index in [1.165, 1.54) is 0 Å². The second-order valence-electron chi connectivity index (χ2n) is 1.94. The smallest absolute Gasteiger partial charge is 0.170 e. The fourth-order valence-electron chi connectivity index (χ4n) is 0.774. The molecule has 2 aromatic heterocycles. The molecule has 0 N–H and O–H groups in total. The molecule has 0 unspecified atom stereocenters. The third-order valence-corrected chi connectivity index (χ3v) is 2.43. The van der Waals surface area contributed by atoms with Gasteiger partial charge in [-0.15, -0.1) is 11.3 Å². The maximum absolute atomic E-state index is 5.29. The van der Waals surface area contributed by atoms with Gasteiger partial charge in [0.25, 0.3) is 0 Å². The monoisotopic (exact) mass is 229 g/mol. The highest BCUT2D eigenvalue weighted by atomic mass is 79.9. The molecule has 0 bridgehead atoms. The molecule has 56 valence electrons. The topological polar surface area (TPSA) is 26.0 Å². The first kappa shape index (κ1) is 7.06. The Labute approximate surface area is 76.0 Å². The molecular weight excluding hydrogens is 226 g/mol. The minimum atomic E-state index is 0.739. The molecule has 0 aliphatic carbocycles. The standard InChI is InChI=1S/C7H4BrNOS/c8-6-2-1-5(10-6)7-9-3-4-11-7/h1-4H. The van der Waals surface area contributed by atoms with Gasteiger partial charge in [-0.25, -0.2) is 4.98 Å². The Balaban J connectivity index is 2.45. The Bertz CT molecular complexity index is 341. The van der Waals surface area contributed by atoms with Gasteiger partial charge < -0.3 is 4.42 Å². The average molecular weight is 230 g/mol. The van der Waals surface area contributed by atoms with Crippen LogP contribution in [0.4, 0.5) is 0 Å². The maximum Gasteiger partial charge on any atom is 0.170 e. The molecule has 0 aliphatic heterocycles. The molecular formula is C7H4BrNOS. The highest BCUT2D eigenvalue weighted by Crippen LogP contribution is 2.25. The summed E-state index contributed by atoms with van der Waals surface area (Å²) in [6.07, 6.45) is 1.76. The van der Waals surface area contributed by atoms with Crippen molar-refractivity contribution < 1.29 is 4.42 Å². The summed E-state index contributed by atoms with van der Waals surface area (Å²) in [7, 11) is 0. The molecule has 2 rings (SSSR count). The van der Waals surface area contributed by atoms with Crippen LogP contribution in [0.3, 0.4) is 0 Å². The van der Waals surface area contributed by atoms with Gasteiger partial charge in [0, 0.05) is 11.6 Å². The zero-order valence-electron chi connectivity index (χ0n) is 5.45. The first-order valence-electron chi connectivity index (χ1n) is 3.01. The van der Waals surface area contributed by atoms with Crippen LogP contribution in [0.1, 0.15) is 0 Å². The van der Waals surface area contributed by atoms with Gasteiger partial charge in [0.2, 0.25) is 0 Å².